The van der Waals surface area contributed by atoms with Gasteiger partial charge in [-0.25, -0.2) is 0 Å². The zero-order chi connectivity index (χ0) is 13.0. The highest BCUT2D eigenvalue weighted by Gasteiger charge is 2.19. The van der Waals surface area contributed by atoms with Crippen molar-refractivity contribution >= 4 is 11.8 Å². The van der Waals surface area contributed by atoms with Crippen molar-refractivity contribution in [2.45, 2.75) is 23.4 Å². The van der Waals surface area contributed by atoms with Crippen LogP contribution in [-0.2, 0) is 0 Å². The van der Waals surface area contributed by atoms with E-state index in [9.17, 15) is 5.11 Å². The maximum Gasteiger partial charge on any atom is 0.214 e. The SMILES string of the molecule is CC(N)C(CO)Sc1nnnn1-c1ccccc1. The number of tetrazole rings is 1. The van der Waals surface area contributed by atoms with Crippen molar-refractivity contribution in [1.82, 2.24) is 20.2 Å². The Morgan fingerprint density at radius 2 is 2.11 bits per heavy atom. The lowest BCUT2D eigenvalue weighted by molar-refractivity contribution is 0.285. The van der Waals surface area contributed by atoms with E-state index < -0.39 is 0 Å². The molecule has 7 heteroatoms. The number of aromatic nitrogens is 4. The standard InChI is InChI=1S/C11H15N5OS/c1-8(12)10(7-17)18-11-13-14-15-16(11)9-5-3-2-4-6-9/h2-6,8,10,17H,7,12H2,1H3. The zero-order valence-electron chi connectivity index (χ0n) is 9.97. The predicted molar refractivity (Wildman–Crippen MR) is 69.5 cm³/mol. The Hall–Kier alpha value is -1.44. The Morgan fingerprint density at radius 1 is 1.39 bits per heavy atom. The maximum absolute atomic E-state index is 9.28. The summed E-state index contributed by atoms with van der Waals surface area (Å²) in [5, 5.41) is 21.3. The second-order valence-corrected chi connectivity index (χ2v) is 5.11. The minimum absolute atomic E-state index is 0.00994. The molecule has 2 atom stereocenters. The number of benzene rings is 1. The van der Waals surface area contributed by atoms with Crippen LogP contribution in [0.3, 0.4) is 0 Å². The van der Waals surface area contributed by atoms with Crippen LogP contribution in [0.25, 0.3) is 5.69 Å². The van der Waals surface area contributed by atoms with Gasteiger partial charge in [0.15, 0.2) is 0 Å². The monoisotopic (exact) mass is 265 g/mol. The molecule has 0 aliphatic rings. The van der Waals surface area contributed by atoms with Gasteiger partial charge >= 0.3 is 0 Å². The van der Waals surface area contributed by atoms with Crippen molar-refractivity contribution < 1.29 is 5.11 Å². The van der Waals surface area contributed by atoms with E-state index in [0.717, 1.165) is 5.69 Å². The van der Waals surface area contributed by atoms with E-state index >= 15 is 0 Å². The summed E-state index contributed by atoms with van der Waals surface area (Å²) in [7, 11) is 0. The number of hydrogen-bond acceptors (Lipinski definition) is 6. The van der Waals surface area contributed by atoms with Gasteiger partial charge in [0, 0.05) is 6.04 Å². The first kappa shape index (κ1) is 13.0. The summed E-state index contributed by atoms with van der Waals surface area (Å²) < 4.78 is 1.63. The molecule has 0 fully saturated rings. The normalized spacial score (nSPS) is 14.4. The van der Waals surface area contributed by atoms with Crippen LogP contribution < -0.4 is 5.73 Å². The Kier molecular flexibility index (Phi) is 4.29. The fourth-order valence-electron chi connectivity index (χ4n) is 1.43. The predicted octanol–water partition coefficient (Wildman–Crippen LogP) is 0.462. The molecule has 2 unspecified atom stereocenters. The summed E-state index contributed by atoms with van der Waals surface area (Å²) in [4.78, 5) is 0. The van der Waals surface area contributed by atoms with Gasteiger partial charge in [-0.3, -0.25) is 0 Å². The van der Waals surface area contributed by atoms with Crippen molar-refractivity contribution in [3.63, 3.8) is 0 Å². The molecule has 6 nitrogen and oxygen atoms in total. The van der Waals surface area contributed by atoms with E-state index in [4.69, 9.17) is 5.73 Å². The first-order chi connectivity index (χ1) is 8.72. The number of nitrogens with zero attached hydrogens (tertiary/aromatic N) is 4. The van der Waals surface area contributed by atoms with Crippen molar-refractivity contribution in [2.24, 2.45) is 5.73 Å². The number of aliphatic hydroxyl groups is 1. The molecule has 0 aliphatic carbocycles. The largest absolute Gasteiger partial charge is 0.395 e. The second-order valence-electron chi connectivity index (χ2n) is 3.91. The molecule has 0 saturated carbocycles. The summed E-state index contributed by atoms with van der Waals surface area (Å²) in [6.45, 7) is 1.84. The first-order valence-electron chi connectivity index (χ1n) is 5.59. The number of para-hydroxylation sites is 1. The molecule has 3 N–H and O–H groups in total. The maximum atomic E-state index is 9.28. The van der Waals surface area contributed by atoms with Gasteiger partial charge in [0.25, 0.3) is 0 Å². The number of thioether (sulfide) groups is 1. The third kappa shape index (κ3) is 2.87. The molecule has 18 heavy (non-hydrogen) atoms. The third-order valence-corrected chi connectivity index (χ3v) is 3.81. The number of rotatable bonds is 5. The van der Waals surface area contributed by atoms with Crippen molar-refractivity contribution in [3.05, 3.63) is 30.3 Å². The number of hydrogen-bond donors (Lipinski definition) is 2. The molecule has 2 aromatic rings. The molecule has 0 aliphatic heterocycles. The second kappa shape index (κ2) is 5.94. The average Bonchev–Trinajstić information content (AvgIpc) is 2.84. The molecule has 96 valence electrons. The van der Waals surface area contributed by atoms with Gasteiger partial charge in [0.2, 0.25) is 5.16 Å². The molecule has 0 radical (unpaired) electrons. The zero-order valence-corrected chi connectivity index (χ0v) is 10.8. The summed E-state index contributed by atoms with van der Waals surface area (Å²) >= 11 is 1.38. The molecular formula is C11H15N5OS. The quantitative estimate of drug-likeness (QED) is 0.763. The van der Waals surface area contributed by atoms with E-state index in [1.807, 2.05) is 37.3 Å². The van der Waals surface area contributed by atoms with E-state index in [0.29, 0.717) is 5.16 Å². The third-order valence-electron chi connectivity index (χ3n) is 2.46. The lowest BCUT2D eigenvalue weighted by atomic mass is 10.3. The summed E-state index contributed by atoms with van der Waals surface area (Å²) in [5.74, 6) is 0. The van der Waals surface area contributed by atoms with Crippen molar-refractivity contribution in [2.75, 3.05) is 6.61 Å². The van der Waals surface area contributed by atoms with Gasteiger partial charge in [0.1, 0.15) is 0 Å². The molecule has 0 saturated heterocycles. The molecule has 0 spiro atoms. The van der Waals surface area contributed by atoms with Crippen LogP contribution in [0.5, 0.6) is 0 Å². The van der Waals surface area contributed by atoms with Crippen LogP contribution in [0.4, 0.5) is 0 Å². The Labute approximate surface area is 109 Å². The van der Waals surface area contributed by atoms with Gasteiger partial charge in [-0.05, 0) is 29.5 Å². The highest BCUT2D eigenvalue weighted by Crippen LogP contribution is 2.23. The summed E-state index contributed by atoms with van der Waals surface area (Å²) in [6, 6.07) is 9.46. The van der Waals surface area contributed by atoms with Crippen LogP contribution in [-0.4, -0.2) is 43.2 Å². The molecule has 2 rings (SSSR count). The minimum Gasteiger partial charge on any atom is -0.395 e. The van der Waals surface area contributed by atoms with E-state index in [1.165, 1.54) is 11.8 Å². The summed E-state index contributed by atoms with van der Waals surface area (Å²) in [5.41, 5.74) is 6.67. The van der Waals surface area contributed by atoms with E-state index in [2.05, 4.69) is 15.5 Å². The van der Waals surface area contributed by atoms with Gasteiger partial charge in [-0.2, -0.15) is 4.68 Å². The van der Waals surface area contributed by atoms with Crippen LogP contribution >= 0.6 is 11.8 Å². The van der Waals surface area contributed by atoms with E-state index in [1.54, 1.807) is 4.68 Å². The van der Waals surface area contributed by atoms with Crippen LogP contribution in [0.1, 0.15) is 6.92 Å². The van der Waals surface area contributed by atoms with E-state index in [-0.39, 0.29) is 17.9 Å². The fourth-order valence-corrected chi connectivity index (χ4v) is 2.32. The number of aliphatic hydroxyl groups excluding tert-OH is 1. The lowest BCUT2D eigenvalue weighted by Crippen LogP contribution is -2.32. The highest BCUT2D eigenvalue weighted by molar-refractivity contribution is 7.99. The molecule has 1 aromatic carbocycles. The Bertz CT molecular complexity index is 487. The molecular weight excluding hydrogens is 250 g/mol. The highest BCUT2D eigenvalue weighted by atomic mass is 32.2. The van der Waals surface area contributed by atoms with Crippen molar-refractivity contribution in [1.29, 1.82) is 0 Å². The minimum atomic E-state index is -0.138. The van der Waals surface area contributed by atoms with Crippen LogP contribution in [0.2, 0.25) is 0 Å². The van der Waals surface area contributed by atoms with Gasteiger partial charge in [-0.15, -0.1) is 5.10 Å². The fraction of sp³-hybridized carbons (Fsp3) is 0.364. The lowest BCUT2D eigenvalue weighted by Gasteiger charge is -2.16. The van der Waals surface area contributed by atoms with Gasteiger partial charge in [-0.1, -0.05) is 30.0 Å². The van der Waals surface area contributed by atoms with Gasteiger partial charge in [0.05, 0.1) is 17.5 Å². The number of nitrogens with two attached hydrogens (primary N) is 1. The van der Waals surface area contributed by atoms with Gasteiger partial charge < -0.3 is 10.8 Å². The first-order valence-corrected chi connectivity index (χ1v) is 6.47. The molecule has 1 heterocycles. The molecule has 0 amide bonds. The van der Waals surface area contributed by atoms with Crippen LogP contribution in [0.15, 0.2) is 35.5 Å². The van der Waals surface area contributed by atoms with Crippen molar-refractivity contribution in [3.8, 4) is 5.69 Å². The molecule has 0 bridgehead atoms. The summed E-state index contributed by atoms with van der Waals surface area (Å²) in [6.07, 6.45) is 0. The smallest absolute Gasteiger partial charge is 0.214 e. The Balaban J connectivity index is 2.23. The molecule has 1 aromatic heterocycles. The Morgan fingerprint density at radius 3 is 2.72 bits per heavy atom. The van der Waals surface area contributed by atoms with Crippen LogP contribution in [0, 0.1) is 0 Å². The average molecular weight is 265 g/mol. The topological polar surface area (TPSA) is 89.8 Å².